The fraction of sp³-hybridized carbons (Fsp3) is 0.812. The first kappa shape index (κ1) is 21.2. The van der Waals surface area contributed by atoms with Gasteiger partial charge in [0.25, 0.3) is 0 Å². The van der Waals surface area contributed by atoms with Crippen molar-refractivity contribution in [1.29, 1.82) is 0 Å². The summed E-state index contributed by atoms with van der Waals surface area (Å²) < 4.78 is 49.8. The van der Waals surface area contributed by atoms with E-state index in [1.165, 1.54) is 13.8 Å². The fourth-order valence-corrected chi connectivity index (χ4v) is 2.88. The van der Waals surface area contributed by atoms with Gasteiger partial charge in [-0.25, -0.2) is 9.69 Å². The van der Waals surface area contributed by atoms with Gasteiger partial charge < -0.3 is 9.47 Å². The van der Waals surface area contributed by atoms with E-state index in [1.54, 1.807) is 13.8 Å². The summed E-state index contributed by atoms with van der Waals surface area (Å²) >= 11 is 0. The maximum atomic E-state index is 13.5. The largest absolute Gasteiger partial charge is 0.466 e. The molecule has 1 aliphatic rings. The van der Waals surface area contributed by atoms with Crippen molar-refractivity contribution in [3.63, 3.8) is 0 Å². The molecule has 1 saturated heterocycles. The van der Waals surface area contributed by atoms with Crippen LogP contribution in [0.4, 0.5) is 18.0 Å². The number of hydrogen-bond acceptors (Lipinski definition) is 5. The van der Waals surface area contributed by atoms with Crippen molar-refractivity contribution in [3.05, 3.63) is 0 Å². The first-order chi connectivity index (χ1) is 11.5. The van der Waals surface area contributed by atoms with E-state index in [4.69, 9.17) is 4.74 Å². The van der Waals surface area contributed by atoms with E-state index < -0.39 is 48.4 Å². The number of nitrogens with zero attached hydrogens (tertiary/aromatic N) is 1. The van der Waals surface area contributed by atoms with E-state index in [2.05, 4.69) is 4.74 Å². The van der Waals surface area contributed by atoms with Crippen molar-refractivity contribution in [2.75, 3.05) is 13.2 Å². The summed E-state index contributed by atoms with van der Waals surface area (Å²) in [5.41, 5.74) is 0. The summed E-state index contributed by atoms with van der Waals surface area (Å²) in [6, 6.07) is -0.620. The highest BCUT2D eigenvalue weighted by atomic mass is 19.4. The minimum absolute atomic E-state index is 0.0484. The van der Waals surface area contributed by atoms with Gasteiger partial charge in [0.2, 0.25) is 5.91 Å². The number of rotatable bonds is 7. The second kappa shape index (κ2) is 8.53. The number of alkyl halides is 3. The SMILES string of the molecule is CCOC(=O)C[C@H]([C@@H](CC)C(=O)N1C(=O)OC[C@@H]1C(C)C)C(F)(F)F. The molecule has 0 N–H and O–H groups in total. The fourth-order valence-electron chi connectivity index (χ4n) is 2.88. The number of carbonyl (C=O) groups is 3. The molecule has 9 heteroatoms. The van der Waals surface area contributed by atoms with E-state index in [-0.39, 0.29) is 25.6 Å². The molecule has 0 radical (unpaired) electrons. The molecule has 1 heterocycles. The summed E-state index contributed by atoms with van der Waals surface area (Å²) in [6.45, 7) is 6.28. The Labute approximate surface area is 144 Å². The number of carbonyl (C=O) groups excluding carboxylic acids is 3. The van der Waals surface area contributed by atoms with Crippen LogP contribution in [0.1, 0.15) is 40.5 Å². The molecule has 0 spiro atoms. The maximum absolute atomic E-state index is 13.5. The Bertz CT molecular complexity index is 506. The van der Waals surface area contributed by atoms with Gasteiger partial charge >= 0.3 is 18.2 Å². The van der Waals surface area contributed by atoms with E-state index in [0.717, 1.165) is 4.90 Å². The lowest BCUT2D eigenvalue weighted by Gasteiger charge is -2.31. The summed E-state index contributed by atoms with van der Waals surface area (Å²) in [5, 5.41) is 0. The van der Waals surface area contributed by atoms with Gasteiger partial charge in [-0.05, 0) is 19.3 Å². The van der Waals surface area contributed by atoms with E-state index >= 15 is 0 Å². The number of imide groups is 1. The first-order valence-corrected chi connectivity index (χ1v) is 8.26. The van der Waals surface area contributed by atoms with Crippen molar-refractivity contribution >= 4 is 18.0 Å². The summed E-state index contributed by atoms with van der Waals surface area (Å²) in [6.07, 6.45) is -6.85. The standard InChI is InChI=1S/C16H24F3NO5/c1-5-10(11(16(17,18)19)7-13(21)24-6-2)14(22)20-12(9(3)4)8-25-15(20)23/h9-12H,5-8H2,1-4H3/t10-,11-,12-/m1/s1. The van der Waals surface area contributed by atoms with Crippen LogP contribution in [0.15, 0.2) is 0 Å². The highest BCUT2D eigenvalue weighted by molar-refractivity contribution is 5.95. The minimum Gasteiger partial charge on any atom is -0.466 e. The Kier molecular flexibility index (Phi) is 7.25. The van der Waals surface area contributed by atoms with E-state index in [1.807, 2.05) is 0 Å². The number of ether oxygens (including phenoxy) is 2. The van der Waals surface area contributed by atoms with Crippen LogP contribution in [0.5, 0.6) is 0 Å². The number of hydrogen-bond donors (Lipinski definition) is 0. The second-order valence-electron chi connectivity index (χ2n) is 6.27. The normalized spacial score (nSPS) is 20.4. The monoisotopic (exact) mass is 367 g/mol. The molecule has 25 heavy (non-hydrogen) atoms. The Balaban J connectivity index is 3.11. The predicted octanol–water partition coefficient (Wildman–Crippen LogP) is 3.15. The third-order valence-electron chi connectivity index (χ3n) is 4.27. The molecule has 1 fully saturated rings. The van der Waals surface area contributed by atoms with Gasteiger partial charge in [-0.15, -0.1) is 0 Å². The van der Waals surface area contributed by atoms with Gasteiger partial charge in [0, 0.05) is 0 Å². The van der Waals surface area contributed by atoms with Gasteiger partial charge in [0.05, 0.1) is 30.9 Å². The molecule has 1 aliphatic heterocycles. The Morgan fingerprint density at radius 3 is 2.36 bits per heavy atom. The van der Waals surface area contributed by atoms with Crippen LogP contribution < -0.4 is 0 Å². The topological polar surface area (TPSA) is 72.9 Å². The second-order valence-corrected chi connectivity index (χ2v) is 6.27. The number of halogens is 3. The average molecular weight is 367 g/mol. The van der Waals surface area contributed by atoms with Crippen LogP contribution in [0.25, 0.3) is 0 Å². The molecule has 0 aromatic heterocycles. The minimum atomic E-state index is -4.78. The molecule has 144 valence electrons. The summed E-state index contributed by atoms with van der Waals surface area (Å²) in [5.74, 6) is -5.93. The molecule has 0 unspecified atom stereocenters. The molecule has 0 bridgehead atoms. The van der Waals surface area contributed by atoms with Crippen LogP contribution in [-0.4, -0.2) is 48.3 Å². The van der Waals surface area contributed by atoms with Crippen molar-refractivity contribution in [2.45, 2.75) is 52.8 Å². The van der Waals surface area contributed by atoms with E-state index in [9.17, 15) is 27.6 Å². The molecule has 0 aromatic rings. The molecule has 3 atom stereocenters. The lowest BCUT2D eigenvalue weighted by molar-refractivity contribution is -0.200. The van der Waals surface area contributed by atoms with Crippen molar-refractivity contribution < 1.29 is 37.0 Å². The molecule has 6 nitrogen and oxygen atoms in total. The van der Waals surface area contributed by atoms with Gasteiger partial charge in [-0.3, -0.25) is 9.59 Å². The number of cyclic esters (lactones) is 1. The Morgan fingerprint density at radius 2 is 1.92 bits per heavy atom. The van der Waals surface area contributed by atoms with E-state index in [0.29, 0.717) is 0 Å². The lowest BCUT2D eigenvalue weighted by atomic mass is 9.85. The maximum Gasteiger partial charge on any atom is 0.416 e. The summed E-state index contributed by atoms with van der Waals surface area (Å²) in [4.78, 5) is 36.9. The van der Waals surface area contributed by atoms with Crippen molar-refractivity contribution in [3.8, 4) is 0 Å². The zero-order valence-corrected chi connectivity index (χ0v) is 14.8. The average Bonchev–Trinajstić information content (AvgIpc) is 2.88. The third-order valence-corrected chi connectivity index (χ3v) is 4.27. The third kappa shape index (κ3) is 5.09. The molecule has 0 aliphatic carbocycles. The van der Waals surface area contributed by atoms with Gasteiger partial charge in [0.15, 0.2) is 0 Å². The zero-order valence-electron chi connectivity index (χ0n) is 14.8. The molecule has 1 rings (SSSR count). The Hall–Kier alpha value is -1.80. The smallest absolute Gasteiger partial charge is 0.416 e. The van der Waals surface area contributed by atoms with Gasteiger partial charge in [-0.2, -0.15) is 13.2 Å². The summed E-state index contributed by atoms with van der Waals surface area (Å²) in [7, 11) is 0. The first-order valence-electron chi connectivity index (χ1n) is 8.26. The molecule has 0 saturated carbocycles. The van der Waals surface area contributed by atoms with Crippen molar-refractivity contribution in [1.82, 2.24) is 4.90 Å². The zero-order chi connectivity index (χ0) is 19.4. The van der Waals surface area contributed by atoms with Crippen LogP contribution in [0, 0.1) is 17.8 Å². The quantitative estimate of drug-likeness (QED) is 0.647. The molecular weight excluding hydrogens is 343 g/mol. The van der Waals surface area contributed by atoms with Crippen LogP contribution in [0.3, 0.4) is 0 Å². The van der Waals surface area contributed by atoms with Crippen LogP contribution in [0.2, 0.25) is 0 Å². The molecule has 2 amide bonds. The Morgan fingerprint density at radius 1 is 1.32 bits per heavy atom. The number of esters is 1. The van der Waals surface area contributed by atoms with Crippen LogP contribution >= 0.6 is 0 Å². The van der Waals surface area contributed by atoms with Crippen LogP contribution in [-0.2, 0) is 19.1 Å². The van der Waals surface area contributed by atoms with Gasteiger partial charge in [0.1, 0.15) is 6.61 Å². The predicted molar refractivity (Wildman–Crippen MR) is 81.4 cm³/mol. The highest BCUT2D eigenvalue weighted by Gasteiger charge is 2.51. The highest BCUT2D eigenvalue weighted by Crippen LogP contribution is 2.38. The van der Waals surface area contributed by atoms with Crippen molar-refractivity contribution in [2.24, 2.45) is 17.8 Å². The lowest BCUT2D eigenvalue weighted by Crippen LogP contribution is -2.48. The number of amides is 2. The molecule has 0 aromatic carbocycles. The molecular formula is C16H24F3NO5. The van der Waals surface area contributed by atoms with Gasteiger partial charge in [-0.1, -0.05) is 20.8 Å².